The molecule has 1 aromatic carbocycles. The number of methoxy groups -OCH3 is 1. The van der Waals surface area contributed by atoms with E-state index in [9.17, 15) is 0 Å². The summed E-state index contributed by atoms with van der Waals surface area (Å²) in [5.41, 5.74) is 2.31. The molecule has 3 rings (SSSR count). The number of hydrogen-bond donors (Lipinski definition) is 1. The van der Waals surface area contributed by atoms with E-state index in [1.165, 1.54) is 31.2 Å². The lowest BCUT2D eigenvalue weighted by atomic mass is 9.92. The van der Waals surface area contributed by atoms with Gasteiger partial charge >= 0.3 is 0 Å². The van der Waals surface area contributed by atoms with E-state index in [4.69, 9.17) is 4.74 Å². The van der Waals surface area contributed by atoms with Crippen LogP contribution in [0.5, 0.6) is 0 Å². The SMILES string of the molecule is COC1CCCCC1NCCn1c(C)nc2ccccc21. The van der Waals surface area contributed by atoms with Gasteiger partial charge < -0.3 is 14.6 Å². The van der Waals surface area contributed by atoms with Crippen molar-refractivity contribution in [3.05, 3.63) is 30.1 Å². The first-order valence-electron chi connectivity index (χ1n) is 7.97. The summed E-state index contributed by atoms with van der Waals surface area (Å²) in [7, 11) is 1.83. The van der Waals surface area contributed by atoms with Gasteiger partial charge in [0.05, 0.1) is 17.1 Å². The average Bonchev–Trinajstić information content (AvgIpc) is 2.84. The van der Waals surface area contributed by atoms with Gasteiger partial charge in [-0.2, -0.15) is 0 Å². The first-order valence-corrected chi connectivity index (χ1v) is 7.97. The first-order chi connectivity index (χ1) is 10.3. The average molecular weight is 287 g/mol. The molecule has 0 saturated heterocycles. The Hall–Kier alpha value is -1.39. The first kappa shape index (κ1) is 14.5. The fourth-order valence-electron chi connectivity index (χ4n) is 3.45. The van der Waals surface area contributed by atoms with E-state index >= 15 is 0 Å². The fourth-order valence-corrected chi connectivity index (χ4v) is 3.45. The highest BCUT2D eigenvalue weighted by atomic mass is 16.5. The summed E-state index contributed by atoms with van der Waals surface area (Å²) in [5.74, 6) is 1.09. The third-order valence-electron chi connectivity index (χ3n) is 4.59. The molecule has 0 aliphatic heterocycles. The number of benzene rings is 1. The van der Waals surface area contributed by atoms with Crippen molar-refractivity contribution in [1.29, 1.82) is 0 Å². The fraction of sp³-hybridized carbons (Fsp3) is 0.588. The molecule has 0 radical (unpaired) electrons. The molecule has 1 heterocycles. The maximum atomic E-state index is 5.60. The molecule has 0 spiro atoms. The van der Waals surface area contributed by atoms with Crippen molar-refractivity contribution in [2.75, 3.05) is 13.7 Å². The maximum absolute atomic E-state index is 5.60. The van der Waals surface area contributed by atoms with E-state index in [1.54, 1.807) is 0 Å². The number of rotatable bonds is 5. The van der Waals surface area contributed by atoms with Crippen molar-refractivity contribution < 1.29 is 4.74 Å². The van der Waals surface area contributed by atoms with Crippen LogP contribution in [0.2, 0.25) is 0 Å². The van der Waals surface area contributed by atoms with Crippen molar-refractivity contribution in [3.8, 4) is 0 Å². The third kappa shape index (κ3) is 3.11. The van der Waals surface area contributed by atoms with Crippen LogP contribution in [-0.2, 0) is 11.3 Å². The summed E-state index contributed by atoms with van der Waals surface area (Å²) in [6.45, 7) is 4.00. The van der Waals surface area contributed by atoms with Crippen LogP contribution >= 0.6 is 0 Å². The standard InChI is InChI=1S/C17H25N3O/c1-13-19-14-7-3-5-9-16(14)20(13)12-11-18-15-8-4-6-10-17(15)21-2/h3,5,7,9,15,17-18H,4,6,8,10-12H2,1-2H3. The number of aromatic nitrogens is 2. The minimum Gasteiger partial charge on any atom is -0.380 e. The van der Waals surface area contributed by atoms with Crippen molar-refractivity contribution >= 4 is 11.0 Å². The van der Waals surface area contributed by atoms with Crippen LogP contribution in [0.4, 0.5) is 0 Å². The summed E-state index contributed by atoms with van der Waals surface area (Å²) in [6.07, 6.45) is 5.38. The van der Waals surface area contributed by atoms with E-state index in [0.29, 0.717) is 12.1 Å². The van der Waals surface area contributed by atoms with Gasteiger partial charge in [-0.15, -0.1) is 0 Å². The molecule has 1 aromatic heterocycles. The number of nitrogens with one attached hydrogen (secondary N) is 1. The van der Waals surface area contributed by atoms with Gasteiger partial charge in [-0.05, 0) is 31.9 Å². The normalized spacial score (nSPS) is 22.8. The number of fused-ring (bicyclic) bond motifs is 1. The Bertz CT molecular complexity index is 593. The molecular formula is C17H25N3O. The van der Waals surface area contributed by atoms with Gasteiger partial charge in [-0.3, -0.25) is 0 Å². The summed E-state index contributed by atoms with van der Waals surface area (Å²) >= 11 is 0. The van der Waals surface area contributed by atoms with Crippen LogP contribution < -0.4 is 5.32 Å². The summed E-state index contributed by atoms with van der Waals surface area (Å²) in [4.78, 5) is 4.62. The van der Waals surface area contributed by atoms with E-state index in [1.807, 2.05) is 13.2 Å². The van der Waals surface area contributed by atoms with Gasteiger partial charge in [0.15, 0.2) is 0 Å². The Kier molecular flexibility index (Phi) is 4.56. The molecule has 1 aliphatic carbocycles. The smallest absolute Gasteiger partial charge is 0.106 e. The quantitative estimate of drug-likeness (QED) is 0.919. The molecule has 0 amide bonds. The zero-order chi connectivity index (χ0) is 14.7. The maximum Gasteiger partial charge on any atom is 0.106 e. The van der Waals surface area contributed by atoms with Gasteiger partial charge in [0, 0.05) is 26.2 Å². The Morgan fingerprint density at radius 1 is 1.29 bits per heavy atom. The second-order valence-electron chi connectivity index (χ2n) is 5.92. The van der Waals surface area contributed by atoms with Gasteiger partial charge in [0.25, 0.3) is 0 Å². The molecule has 2 unspecified atom stereocenters. The van der Waals surface area contributed by atoms with Crippen molar-refractivity contribution in [3.63, 3.8) is 0 Å². The van der Waals surface area contributed by atoms with E-state index in [2.05, 4.69) is 40.0 Å². The number of aryl methyl sites for hydroxylation is 1. The number of hydrogen-bond acceptors (Lipinski definition) is 3. The Morgan fingerprint density at radius 2 is 2.10 bits per heavy atom. The lowest BCUT2D eigenvalue weighted by Crippen LogP contribution is -2.44. The van der Waals surface area contributed by atoms with E-state index in [-0.39, 0.29) is 0 Å². The Morgan fingerprint density at radius 3 is 2.95 bits per heavy atom. The molecule has 21 heavy (non-hydrogen) atoms. The predicted octanol–water partition coefficient (Wildman–Crippen LogP) is 2.89. The summed E-state index contributed by atoms with van der Waals surface area (Å²) in [5, 5.41) is 3.68. The number of nitrogens with zero attached hydrogens (tertiary/aromatic N) is 2. The predicted molar refractivity (Wildman–Crippen MR) is 85.5 cm³/mol. The van der Waals surface area contributed by atoms with Crippen LogP contribution in [-0.4, -0.2) is 35.4 Å². The largest absolute Gasteiger partial charge is 0.380 e. The zero-order valence-corrected chi connectivity index (χ0v) is 13.0. The summed E-state index contributed by atoms with van der Waals surface area (Å²) < 4.78 is 7.90. The van der Waals surface area contributed by atoms with E-state index in [0.717, 1.165) is 24.4 Å². The van der Waals surface area contributed by atoms with Gasteiger partial charge in [0.2, 0.25) is 0 Å². The second-order valence-corrected chi connectivity index (χ2v) is 5.92. The molecule has 2 atom stereocenters. The second kappa shape index (κ2) is 6.58. The third-order valence-corrected chi connectivity index (χ3v) is 4.59. The monoisotopic (exact) mass is 287 g/mol. The number of imidazole rings is 1. The molecule has 2 aromatic rings. The lowest BCUT2D eigenvalue weighted by molar-refractivity contribution is 0.0417. The van der Waals surface area contributed by atoms with Crippen LogP contribution in [0.25, 0.3) is 11.0 Å². The van der Waals surface area contributed by atoms with Gasteiger partial charge in [-0.1, -0.05) is 25.0 Å². The molecule has 4 heteroatoms. The lowest BCUT2D eigenvalue weighted by Gasteiger charge is -2.31. The van der Waals surface area contributed by atoms with Gasteiger partial charge in [0.1, 0.15) is 5.82 Å². The topological polar surface area (TPSA) is 39.1 Å². The van der Waals surface area contributed by atoms with Gasteiger partial charge in [-0.25, -0.2) is 4.98 Å². The highest BCUT2D eigenvalue weighted by molar-refractivity contribution is 5.75. The Balaban J connectivity index is 1.63. The molecule has 1 N–H and O–H groups in total. The Labute approximate surface area is 126 Å². The van der Waals surface area contributed by atoms with Crippen LogP contribution in [0.3, 0.4) is 0 Å². The van der Waals surface area contributed by atoms with E-state index < -0.39 is 0 Å². The van der Waals surface area contributed by atoms with Crippen LogP contribution in [0.15, 0.2) is 24.3 Å². The molecule has 114 valence electrons. The molecule has 1 saturated carbocycles. The van der Waals surface area contributed by atoms with Crippen LogP contribution in [0.1, 0.15) is 31.5 Å². The highest BCUT2D eigenvalue weighted by Gasteiger charge is 2.24. The zero-order valence-electron chi connectivity index (χ0n) is 13.0. The van der Waals surface area contributed by atoms with Crippen molar-refractivity contribution in [2.45, 2.75) is 51.3 Å². The van der Waals surface area contributed by atoms with Crippen LogP contribution in [0, 0.1) is 6.92 Å². The van der Waals surface area contributed by atoms with Crippen molar-refractivity contribution in [2.24, 2.45) is 0 Å². The number of ether oxygens (including phenoxy) is 1. The summed E-state index contributed by atoms with van der Waals surface area (Å²) in [6, 6.07) is 8.85. The molecular weight excluding hydrogens is 262 g/mol. The highest BCUT2D eigenvalue weighted by Crippen LogP contribution is 2.21. The van der Waals surface area contributed by atoms with Crippen molar-refractivity contribution in [1.82, 2.24) is 14.9 Å². The number of para-hydroxylation sites is 2. The minimum absolute atomic E-state index is 0.374. The molecule has 1 aliphatic rings. The molecule has 1 fully saturated rings. The molecule has 0 bridgehead atoms. The molecule has 4 nitrogen and oxygen atoms in total. The minimum atomic E-state index is 0.374.